The fourth-order valence-corrected chi connectivity index (χ4v) is 2.54. The zero-order chi connectivity index (χ0) is 11.8. The summed E-state index contributed by atoms with van der Waals surface area (Å²) < 4.78 is 10.4. The first-order valence-electron chi connectivity index (χ1n) is 5.56. The number of ether oxygens (including phenoxy) is 2. The van der Waals surface area contributed by atoms with Gasteiger partial charge in [-0.15, -0.1) is 0 Å². The Morgan fingerprint density at radius 2 is 2.31 bits per heavy atom. The van der Waals surface area contributed by atoms with Crippen LogP contribution in [0.1, 0.15) is 32.6 Å². The molecule has 0 amide bonds. The minimum atomic E-state index is -0.691. The van der Waals surface area contributed by atoms with Gasteiger partial charge < -0.3 is 9.47 Å². The molecule has 0 aromatic carbocycles. The van der Waals surface area contributed by atoms with Crippen molar-refractivity contribution in [3.05, 3.63) is 11.8 Å². The van der Waals surface area contributed by atoms with Crippen LogP contribution in [0.25, 0.3) is 0 Å². The van der Waals surface area contributed by atoms with Gasteiger partial charge in [0.05, 0.1) is 7.11 Å². The summed E-state index contributed by atoms with van der Waals surface area (Å²) in [5.74, 6) is 0.339. The standard InChI is InChI=1S/C12H16O4/c1-8(13)9-7-12(11(14)15-2)6-4-3-5-10(12)16-9/h5,9H,3-4,6-7H2,1-2H3/t9-,12+/m0/s1. The number of rotatable bonds is 2. The number of carbonyl (C=O) groups excluding carboxylic acids is 2. The summed E-state index contributed by atoms with van der Waals surface area (Å²) in [4.78, 5) is 23.2. The molecule has 88 valence electrons. The number of carbonyl (C=O) groups is 2. The normalized spacial score (nSPS) is 32.4. The molecule has 0 spiro atoms. The average molecular weight is 224 g/mol. The zero-order valence-electron chi connectivity index (χ0n) is 9.62. The predicted molar refractivity (Wildman–Crippen MR) is 56.6 cm³/mol. The second-order valence-corrected chi connectivity index (χ2v) is 4.46. The Bertz CT molecular complexity index is 358. The topological polar surface area (TPSA) is 52.6 Å². The van der Waals surface area contributed by atoms with Crippen LogP contribution in [0.4, 0.5) is 0 Å². The Morgan fingerprint density at radius 3 is 2.94 bits per heavy atom. The van der Waals surface area contributed by atoms with Crippen molar-refractivity contribution in [1.29, 1.82) is 0 Å². The van der Waals surface area contributed by atoms with Gasteiger partial charge in [-0.3, -0.25) is 9.59 Å². The van der Waals surface area contributed by atoms with Gasteiger partial charge in [0.15, 0.2) is 11.9 Å². The van der Waals surface area contributed by atoms with E-state index in [1.54, 1.807) is 0 Å². The van der Waals surface area contributed by atoms with Crippen molar-refractivity contribution >= 4 is 11.8 Å². The summed E-state index contributed by atoms with van der Waals surface area (Å²) in [6.07, 6.45) is 4.42. The minimum absolute atomic E-state index is 0.0291. The Balaban J connectivity index is 2.33. The average Bonchev–Trinajstić information content (AvgIpc) is 2.68. The summed E-state index contributed by atoms with van der Waals surface area (Å²) in [5, 5.41) is 0. The molecule has 1 aliphatic heterocycles. The molecule has 1 heterocycles. The van der Waals surface area contributed by atoms with Crippen molar-refractivity contribution in [1.82, 2.24) is 0 Å². The van der Waals surface area contributed by atoms with Crippen LogP contribution >= 0.6 is 0 Å². The highest BCUT2D eigenvalue weighted by Gasteiger charge is 2.53. The molecule has 1 fully saturated rings. The van der Waals surface area contributed by atoms with Gasteiger partial charge >= 0.3 is 5.97 Å². The van der Waals surface area contributed by atoms with Crippen LogP contribution in [0.2, 0.25) is 0 Å². The lowest BCUT2D eigenvalue weighted by Crippen LogP contribution is -2.33. The first-order chi connectivity index (χ1) is 7.60. The van der Waals surface area contributed by atoms with Crippen molar-refractivity contribution in [3.63, 3.8) is 0 Å². The molecule has 4 heteroatoms. The highest BCUT2D eigenvalue weighted by atomic mass is 16.5. The van der Waals surface area contributed by atoms with Crippen molar-refractivity contribution in [2.45, 2.75) is 38.7 Å². The highest BCUT2D eigenvalue weighted by Crippen LogP contribution is 2.49. The van der Waals surface area contributed by atoms with Crippen LogP contribution in [-0.4, -0.2) is 25.0 Å². The Morgan fingerprint density at radius 1 is 1.56 bits per heavy atom. The number of Topliss-reactive ketones (excluding diaryl/α,β-unsaturated/α-hetero) is 1. The third-order valence-corrected chi connectivity index (χ3v) is 3.44. The van der Waals surface area contributed by atoms with Gasteiger partial charge in [0.1, 0.15) is 11.2 Å². The number of methoxy groups -OCH3 is 1. The van der Waals surface area contributed by atoms with E-state index in [2.05, 4.69) is 0 Å². The van der Waals surface area contributed by atoms with E-state index in [1.165, 1.54) is 14.0 Å². The fourth-order valence-electron chi connectivity index (χ4n) is 2.54. The van der Waals surface area contributed by atoms with Crippen molar-refractivity contribution in [2.75, 3.05) is 7.11 Å². The number of hydrogen-bond donors (Lipinski definition) is 0. The summed E-state index contributed by atoms with van der Waals surface area (Å²) in [6, 6.07) is 0. The fraction of sp³-hybridized carbons (Fsp3) is 0.667. The van der Waals surface area contributed by atoms with Gasteiger partial charge in [0.25, 0.3) is 0 Å². The number of allylic oxidation sites excluding steroid dienone is 1. The van der Waals surface area contributed by atoms with Crippen LogP contribution in [0.5, 0.6) is 0 Å². The van der Waals surface area contributed by atoms with Gasteiger partial charge in [0, 0.05) is 6.42 Å². The van der Waals surface area contributed by atoms with Crippen LogP contribution in [-0.2, 0) is 19.1 Å². The maximum absolute atomic E-state index is 11.9. The van der Waals surface area contributed by atoms with E-state index >= 15 is 0 Å². The van der Waals surface area contributed by atoms with Gasteiger partial charge in [-0.25, -0.2) is 0 Å². The smallest absolute Gasteiger partial charge is 0.319 e. The molecule has 2 atom stereocenters. The van der Waals surface area contributed by atoms with Gasteiger partial charge in [-0.1, -0.05) is 0 Å². The number of hydrogen-bond acceptors (Lipinski definition) is 4. The lowest BCUT2D eigenvalue weighted by atomic mass is 9.75. The molecule has 0 unspecified atom stereocenters. The molecular formula is C12H16O4. The molecular weight excluding hydrogens is 208 g/mol. The zero-order valence-corrected chi connectivity index (χ0v) is 9.62. The maximum atomic E-state index is 11.9. The van der Waals surface area contributed by atoms with Gasteiger partial charge in [-0.2, -0.15) is 0 Å². The second-order valence-electron chi connectivity index (χ2n) is 4.46. The van der Waals surface area contributed by atoms with Gasteiger partial charge in [-0.05, 0) is 32.3 Å². The highest BCUT2D eigenvalue weighted by molar-refractivity contribution is 5.86. The molecule has 0 bridgehead atoms. The summed E-state index contributed by atoms with van der Waals surface area (Å²) in [6.45, 7) is 1.49. The SMILES string of the molecule is COC(=O)[C@@]12CCCC=C1O[C@H](C(C)=O)C2. The van der Waals surface area contributed by atoms with Gasteiger partial charge in [0.2, 0.25) is 0 Å². The third kappa shape index (κ3) is 1.52. The lowest BCUT2D eigenvalue weighted by Gasteiger charge is -2.27. The summed E-state index contributed by atoms with van der Waals surface area (Å²) in [5.41, 5.74) is -0.691. The van der Waals surface area contributed by atoms with Crippen LogP contribution in [0.15, 0.2) is 11.8 Å². The molecule has 0 aromatic rings. The third-order valence-electron chi connectivity index (χ3n) is 3.44. The Kier molecular flexibility index (Phi) is 2.74. The van der Waals surface area contributed by atoms with E-state index in [-0.39, 0.29) is 11.8 Å². The van der Waals surface area contributed by atoms with E-state index in [4.69, 9.17) is 9.47 Å². The molecule has 16 heavy (non-hydrogen) atoms. The molecule has 1 saturated heterocycles. The molecule has 2 aliphatic rings. The minimum Gasteiger partial charge on any atom is -0.486 e. The van der Waals surface area contributed by atoms with E-state index in [0.717, 1.165) is 19.3 Å². The monoisotopic (exact) mass is 224 g/mol. The first kappa shape index (κ1) is 11.2. The predicted octanol–water partition coefficient (Wildman–Crippen LogP) is 1.59. The number of fused-ring (bicyclic) bond motifs is 1. The molecule has 0 aromatic heterocycles. The van der Waals surface area contributed by atoms with E-state index < -0.39 is 11.5 Å². The lowest BCUT2D eigenvalue weighted by molar-refractivity contribution is -0.151. The van der Waals surface area contributed by atoms with E-state index in [9.17, 15) is 9.59 Å². The quantitative estimate of drug-likeness (QED) is 0.668. The van der Waals surface area contributed by atoms with Crippen LogP contribution in [0, 0.1) is 5.41 Å². The molecule has 0 N–H and O–H groups in total. The van der Waals surface area contributed by atoms with Crippen molar-refractivity contribution in [2.24, 2.45) is 5.41 Å². The summed E-state index contributed by atoms with van der Waals surface area (Å²) in [7, 11) is 1.38. The Hall–Kier alpha value is -1.32. The molecule has 1 aliphatic carbocycles. The molecule has 0 radical (unpaired) electrons. The first-order valence-corrected chi connectivity index (χ1v) is 5.56. The second kappa shape index (κ2) is 3.92. The number of esters is 1. The van der Waals surface area contributed by atoms with Crippen molar-refractivity contribution in [3.8, 4) is 0 Å². The summed E-state index contributed by atoms with van der Waals surface area (Å²) >= 11 is 0. The largest absolute Gasteiger partial charge is 0.486 e. The van der Waals surface area contributed by atoms with E-state index in [0.29, 0.717) is 12.2 Å². The molecule has 2 rings (SSSR count). The molecule has 0 saturated carbocycles. The Labute approximate surface area is 94.6 Å². The van der Waals surface area contributed by atoms with Crippen LogP contribution in [0.3, 0.4) is 0 Å². The molecule has 4 nitrogen and oxygen atoms in total. The van der Waals surface area contributed by atoms with Crippen molar-refractivity contribution < 1.29 is 19.1 Å². The maximum Gasteiger partial charge on any atom is 0.319 e. The van der Waals surface area contributed by atoms with E-state index in [1.807, 2.05) is 6.08 Å². The van der Waals surface area contributed by atoms with Crippen LogP contribution < -0.4 is 0 Å². The number of ketones is 1.